The minimum Gasteiger partial charge on any atom is -0.497 e. The molecule has 5 heteroatoms. The summed E-state index contributed by atoms with van der Waals surface area (Å²) in [6.07, 6.45) is 0.611. The lowest BCUT2D eigenvalue weighted by Crippen LogP contribution is -2.07. The molecule has 0 bridgehead atoms. The average Bonchev–Trinajstić information content (AvgIpc) is 2.26. The number of methoxy groups -OCH3 is 1. The van der Waals surface area contributed by atoms with E-state index < -0.39 is 9.84 Å². The van der Waals surface area contributed by atoms with Gasteiger partial charge < -0.3 is 4.74 Å². The van der Waals surface area contributed by atoms with Gasteiger partial charge in [-0.15, -0.1) is 0 Å². The Morgan fingerprint density at radius 2 is 2.13 bits per heavy atom. The largest absolute Gasteiger partial charge is 0.497 e. The molecule has 0 spiro atoms. The van der Waals surface area contributed by atoms with Crippen LogP contribution in [-0.2, 0) is 9.84 Å². The molecule has 1 aromatic rings. The molecule has 0 N–H and O–H groups in total. The van der Waals surface area contributed by atoms with Crippen LogP contribution in [-0.4, -0.2) is 26.6 Å². The summed E-state index contributed by atoms with van der Waals surface area (Å²) in [5, 5.41) is 0.691. The summed E-state index contributed by atoms with van der Waals surface area (Å²) in [5.41, 5.74) is 0. The fourth-order valence-electron chi connectivity index (χ4n) is 1.16. The molecule has 0 radical (unpaired) electrons. The van der Waals surface area contributed by atoms with Gasteiger partial charge in [0.25, 0.3) is 0 Å². The maximum absolute atomic E-state index is 11.8. The summed E-state index contributed by atoms with van der Waals surface area (Å²) in [4.78, 5) is 0.322. The van der Waals surface area contributed by atoms with Gasteiger partial charge in [-0.25, -0.2) is 8.42 Å². The Labute approximate surface area is 98.5 Å². The van der Waals surface area contributed by atoms with Crippen molar-refractivity contribution in [2.75, 3.05) is 18.2 Å². The van der Waals surface area contributed by atoms with Crippen molar-refractivity contribution in [1.29, 1.82) is 0 Å². The number of hydrogen-bond acceptors (Lipinski definition) is 3. The maximum atomic E-state index is 11.8. The van der Waals surface area contributed by atoms with Crippen LogP contribution in [0.1, 0.15) is 6.42 Å². The molecule has 0 aliphatic carbocycles. The zero-order valence-electron chi connectivity index (χ0n) is 8.44. The van der Waals surface area contributed by atoms with Crippen LogP contribution in [0, 0.1) is 0 Å². The van der Waals surface area contributed by atoms with E-state index in [1.807, 2.05) is 0 Å². The molecule has 0 fully saturated rings. The minimum atomic E-state index is -3.17. The topological polar surface area (TPSA) is 43.4 Å². The van der Waals surface area contributed by atoms with Crippen LogP contribution in [0.3, 0.4) is 0 Å². The van der Waals surface area contributed by atoms with Gasteiger partial charge in [-0.3, -0.25) is 0 Å². The molecule has 0 aliphatic rings. The predicted octanol–water partition coefficient (Wildman–Crippen LogP) is 2.25. The van der Waals surface area contributed by atoms with Gasteiger partial charge in [0, 0.05) is 5.33 Å². The molecule has 84 valence electrons. The molecule has 3 nitrogen and oxygen atoms in total. The Bertz CT molecular complexity index is 414. The second-order valence-corrected chi connectivity index (χ2v) is 5.94. The number of sulfone groups is 1. The number of halogens is 1. The van der Waals surface area contributed by atoms with Crippen molar-refractivity contribution in [1.82, 2.24) is 0 Å². The summed E-state index contributed by atoms with van der Waals surface area (Å²) in [6.45, 7) is 0. The van der Waals surface area contributed by atoms with E-state index in [1.165, 1.54) is 7.11 Å². The van der Waals surface area contributed by atoms with Gasteiger partial charge in [0.1, 0.15) is 5.75 Å². The molecule has 0 aliphatic heterocycles. The van der Waals surface area contributed by atoms with E-state index in [0.29, 0.717) is 22.4 Å². The highest BCUT2D eigenvalue weighted by Crippen LogP contribution is 2.18. The summed E-state index contributed by atoms with van der Waals surface area (Å²) in [5.74, 6) is 0.723. The average molecular weight is 293 g/mol. The van der Waals surface area contributed by atoms with E-state index in [9.17, 15) is 8.42 Å². The smallest absolute Gasteiger partial charge is 0.178 e. The van der Waals surface area contributed by atoms with Crippen LogP contribution in [0.2, 0.25) is 0 Å². The number of benzene rings is 1. The second-order valence-electron chi connectivity index (χ2n) is 3.04. The van der Waals surface area contributed by atoms with Crippen molar-refractivity contribution in [3.63, 3.8) is 0 Å². The predicted molar refractivity (Wildman–Crippen MR) is 63.5 cm³/mol. The molecule has 15 heavy (non-hydrogen) atoms. The molecular weight excluding hydrogens is 280 g/mol. The first kappa shape index (κ1) is 12.5. The highest BCUT2D eigenvalue weighted by molar-refractivity contribution is 9.09. The molecule has 0 aromatic heterocycles. The summed E-state index contributed by atoms with van der Waals surface area (Å²) in [6, 6.07) is 6.54. The Balaban J connectivity index is 2.94. The van der Waals surface area contributed by atoms with E-state index >= 15 is 0 Å². The van der Waals surface area contributed by atoms with E-state index in [2.05, 4.69) is 15.9 Å². The second kappa shape index (κ2) is 5.51. The zero-order valence-corrected chi connectivity index (χ0v) is 10.8. The van der Waals surface area contributed by atoms with Crippen LogP contribution in [0.5, 0.6) is 5.75 Å². The summed E-state index contributed by atoms with van der Waals surface area (Å²) < 4.78 is 28.5. The van der Waals surface area contributed by atoms with Gasteiger partial charge in [0.2, 0.25) is 0 Å². The normalized spacial score (nSPS) is 11.3. The molecule has 0 saturated carbocycles. The summed E-state index contributed by atoms with van der Waals surface area (Å²) in [7, 11) is -1.65. The SMILES string of the molecule is COc1cccc(S(=O)(=O)CCCBr)c1. The molecule has 0 amide bonds. The highest BCUT2D eigenvalue weighted by atomic mass is 79.9. The van der Waals surface area contributed by atoms with Crippen molar-refractivity contribution >= 4 is 25.8 Å². The molecule has 1 rings (SSSR count). The molecule has 0 heterocycles. The van der Waals surface area contributed by atoms with Crippen LogP contribution in [0.4, 0.5) is 0 Å². The molecule has 0 atom stereocenters. The van der Waals surface area contributed by atoms with Gasteiger partial charge in [-0.05, 0) is 24.6 Å². The van der Waals surface area contributed by atoms with Crippen molar-refractivity contribution in [3.05, 3.63) is 24.3 Å². The number of rotatable bonds is 5. The van der Waals surface area contributed by atoms with Crippen LogP contribution >= 0.6 is 15.9 Å². The van der Waals surface area contributed by atoms with Crippen LogP contribution in [0.15, 0.2) is 29.2 Å². The number of ether oxygens (including phenoxy) is 1. The zero-order chi connectivity index (χ0) is 11.3. The van der Waals surface area contributed by atoms with Gasteiger partial charge in [-0.2, -0.15) is 0 Å². The standard InChI is InChI=1S/C10H13BrO3S/c1-14-9-4-2-5-10(8-9)15(12,13)7-3-6-11/h2,4-5,8H,3,6-7H2,1H3. The van der Waals surface area contributed by atoms with Crippen molar-refractivity contribution in [2.24, 2.45) is 0 Å². The van der Waals surface area contributed by atoms with Gasteiger partial charge in [-0.1, -0.05) is 22.0 Å². The fraction of sp³-hybridized carbons (Fsp3) is 0.400. The lowest BCUT2D eigenvalue weighted by atomic mass is 10.3. The summed E-state index contributed by atoms with van der Waals surface area (Å²) >= 11 is 3.21. The van der Waals surface area contributed by atoms with E-state index in [4.69, 9.17) is 4.74 Å². The van der Waals surface area contributed by atoms with Gasteiger partial charge in [0.15, 0.2) is 9.84 Å². The first-order valence-corrected chi connectivity index (χ1v) is 7.30. The van der Waals surface area contributed by atoms with Crippen molar-refractivity contribution in [3.8, 4) is 5.75 Å². The first-order valence-electron chi connectivity index (χ1n) is 4.53. The number of hydrogen-bond donors (Lipinski definition) is 0. The van der Waals surface area contributed by atoms with E-state index in [-0.39, 0.29) is 5.75 Å². The first-order chi connectivity index (χ1) is 7.10. The van der Waals surface area contributed by atoms with Crippen LogP contribution < -0.4 is 4.74 Å². The monoisotopic (exact) mass is 292 g/mol. The van der Waals surface area contributed by atoms with Gasteiger partial charge in [0.05, 0.1) is 17.8 Å². The quantitative estimate of drug-likeness (QED) is 0.782. The third-order valence-corrected chi connectivity index (χ3v) is 4.31. The Hall–Kier alpha value is -0.550. The lowest BCUT2D eigenvalue weighted by molar-refractivity contribution is 0.413. The molecule has 1 aromatic carbocycles. The van der Waals surface area contributed by atoms with Gasteiger partial charge >= 0.3 is 0 Å². The third-order valence-electron chi connectivity index (χ3n) is 1.95. The Kier molecular flexibility index (Phi) is 4.60. The Morgan fingerprint density at radius 1 is 1.40 bits per heavy atom. The van der Waals surface area contributed by atoms with E-state index in [1.54, 1.807) is 24.3 Å². The van der Waals surface area contributed by atoms with Crippen molar-refractivity contribution < 1.29 is 13.2 Å². The third kappa shape index (κ3) is 3.50. The van der Waals surface area contributed by atoms with Crippen molar-refractivity contribution in [2.45, 2.75) is 11.3 Å². The fourth-order valence-corrected chi connectivity index (χ4v) is 3.15. The maximum Gasteiger partial charge on any atom is 0.178 e. The molecule has 0 unspecified atom stereocenters. The van der Waals surface area contributed by atoms with Crippen LogP contribution in [0.25, 0.3) is 0 Å². The number of alkyl halides is 1. The lowest BCUT2D eigenvalue weighted by Gasteiger charge is -2.05. The molecular formula is C10H13BrO3S. The Morgan fingerprint density at radius 3 is 2.73 bits per heavy atom. The highest BCUT2D eigenvalue weighted by Gasteiger charge is 2.13. The molecule has 0 saturated heterocycles. The minimum absolute atomic E-state index is 0.158. The van der Waals surface area contributed by atoms with E-state index in [0.717, 1.165) is 0 Å².